The third-order valence-electron chi connectivity index (χ3n) is 5.07. The monoisotopic (exact) mass is 384 g/mol. The number of imidazole rings is 1. The van der Waals surface area contributed by atoms with Crippen molar-refractivity contribution in [3.05, 3.63) is 41.7 Å². The number of hydrogen-bond donors (Lipinski definition) is 2. The lowest BCUT2D eigenvalue weighted by molar-refractivity contribution is -0.129. The summed E-state index contributed by atoms with van der Waals surface area (Å²) in [6.07, 6.45) is 5.96. The van der Waals surface area contributed by atoms with Crippen LogP contribution in [0.4, 0.5) is 0 Å². The molecule has 142 valence electrons. The molecule has 2 aliphatic rings. The summed E-state index contributed by atoms with van der Waals surface area (Å²) in [5.74, 6) is 0.0513. The van der Waals surface area contributed by atoms with Gasteiger partial charge in [-0.1, -0.05) is 30.0 Å². The van der Waals surface area contributed by atoms with Crippen LogP contribution in [0, 0.1) is 0 Å². The van der Waals surface area contributed by atoms with Crippen molar-refractivity contribution in [3.8, 4) is 5.69 Å². The van der Waals surface area contributed by atoms with Gasteiger partial charge in [-0.15, -0.1) is 0 Å². The summed E-state index contributed by atoms with van der Waals surface area (Å²) in [6.45, 7) is 0.694. The largest absolute Gasteiger partial charge is 0.354 e. The lowest BCUT2D eigenvalue weighted by atomic mass is 10.0. The molecule has 27 heavy (non-hydrogen) atoms. The highest BCUT2D eigenvalue weighted by atomic mass is 32.2. The fraction of sp³-hybridized carbons (Fsp3) is 0.450. The molecule has 1 atom stereocenters. The highest BCUT2D eigenvalue weighted by Crippen LogP contribution is 2.30. The normalized spacial score (nSPS) is 19.3. The number of para-hydroxylation sites is 1. The number of aromatic nitrogens is 2. The molecule has 1 aliphatic heterocycles. The molecule has 0 bridgehead atoms. The second-order valence-electron chi connectivity index (χ2n) is 7.01. The zero-order valence-electron chi connectivity index (χ0n) is 15.2. The molecule has 2 aromatic rings. The van der Waals surface area contributed by atoms with Gasteiger partial charge in [-0.3, -0.25) is 14.2 Å². The minimum Gasteiger partial charge on any atom is -0.354 e. The van der Waals surface area contributed by atoms with Gasteiger partial charge in [0.15, 0.2) is 5.16 Å². The Hall–Kier alpha value is -2.28. The first-order valence-electron chi connectivity index (χ1n) is 9.58. The van der Waals surface area contributed by atoms with Crippen molar-refractivity contribution in [2.45, 2.75) is 49.7 Å². The van der Waals surface area contributed by atoms with Gasteiger partial charge >= 0.3 is 0 Å². The highest BCUT2D eigenvalue weighted by Gasteiger charge is 2.25. The molecule has 0 spiro atoms. The molecule has 1 aliphatic carbocycles. The quantitative estimate of drug-likeness (QED) is 0.775. The van der Waals surface area contributed by atoms with Crippen LogP contribution in [0.5, 0.6) is 0 Å². The van der Waals surface area contributed by atoms with Crippen molar-refractivity contribution in [2.75, 3.05) is 12.3 Å². The molecule has 2 N–H and O–H groups in total. The van der Waals surface area contributed by atoms with Crippen molar-refractivity contribution in [1.29, 1.82) is 0 Å². The van der Waals surface area contributed by atoms with E-state index >= 15 is 0 Å². The molecule has 1 fully saturated rings. The first kappa shape index (κ1) is 18.1. The average Bonchev–Trinajstić information content (AvgIpc) is 3.07. The predicted molar refractivity (Wildman–Crippen MR) is 105 cm³/mol. The van der Waals surface area contributed by atoms with E-state index in [1.165, 1.54) is 30.3 Å². The van der Waals surface area contributed by atoms with Crippen LogP contribution in [-0.2, 0) is 22.4 Å². The number of benzene rings is 1. The van der Waals surface area contributed by atoms with Crippen molar-refractivity contribution in [2.24, 2.45) is 0 Å². The van der Waals surface area contributed by atoms with Crippen LogP contribution >= 0.6 is 11.8 Å². The first-order valence-corrected chi connectivity index (χ1v) is 10.6. The minimum absolute atomic E-state index is 0.0825. The van der Waals surface area contributed by atoms with Crippen LogP contribution in [0.2, 0.25) is 0 Å². The van der Waals surface area contributed by atoms with Crippen LogP contribution in [0.15, 0.2) is 35.5 Å². The number of carbonyl (C=O) groups excluding carboxylic acids is 2. The van der Waals surface area contributed by atoms with Crippen LogP contribution in [0.25, 0.3) is 5.69 Å². The number of aryl methyl sites for hydroxylation is 1. The number of amides is 2. The van der Waals surface area contributed by atoms with Crippen molar-refractivity contribution in [1.82, 2.24) is 20.2 Å². The van der Waals surface area contributed by atoms with Crippen LogP contribution in [0.1, 0.15) is 37.1 Å². The van der Waals surface area contributed by atoms with E-state index in [0.29, 0.717) is 13.0 Å². The highest BCUT2D eigenvalue weighted by molar-refractivity contribution is 7.99. The Bertz CT molecular complexity index is 834. The molecule has 1 unspecified atom stereocenters. The van der Waals surface area contributed by atoms with E-state index in [9.17, 15) is 9.59 Å². The molecule has 7 heteroatoms. The van der Waals surface area contributed by atoms with E-state index in [-0.39, 0.29) is 17.6 Å². The number of nitrogens with one attached hydrogen (secondary N) is 2. The molecule has 1 saturated heterocycles. The zero-order valence-corrected chi connectivity index (χ0v) is 16.1. The topological polar surface area (TPSA) is 76.0 Å². The van der Waals surface area contributed by atoms with Gasteiger partial charge in [-0.05, 0) is 50.7 Å². The summed E-state index contributed by atoms with van der Waals surface area (Å²) in [4.78, 5) is 29.0. The maximum Gasteiger partial charge on any atom is 0.242 e. The maximum absolute atomic E-state index is 12.4. The molecule has 2 amide bonds. The van der Waals surface area contributed by atoms with Gasteiger partial charge < -0.3 is 10.6 Å². The fourth-order valence-electron chi connectivity index (χ4n) is 3.73. The van der Waals surface area contributed by atoms with Crippen LogP contribution < -0.4 is 10.6 Å². The summed E-state index contributed by atoms with van der Waals surface area (Å²) in [7, 11) is 0. The van der Waals surface area contributed by atoms with Crippen molar-refractivity contribution in [3.63, 3.8) is 0 Å². The van der Waals surface area contributed by atoms with Crippen LogP contribution in [0.3, 0.4) is 0 Å². The van der Waals surface area contributed by atoms with Gasteiger partial charge in [-0.2, -0.15) is 0 Å². The van der Waals surface area contributed by atoms with Gasteiger partial charge in [-0.25, -0.2) is 4.98 Å². The Balaban J connectivity index is 1.49. The van der Waals surface area contributed by atoms with Gasteiger partial charge in [0.25, 0.3) is 0 Å². The van der Waals surface area contributed by atoms with E-state index in [0.717, 1.165) is 35.8 Å². The Kier molecular flexibility index (Phi) is 5.48. The van der Waals surface area contributed by atoms with E-state index < -0.39 is 6.04 Å². The number of hydrogen-bond acceptors (Lipinski definition) is 4. The van der Waals surface area contributed by atoms with Crippen molar-refractivity contribution >= 4 is 23.6 Å². The maximum atomic E-state index is 12.4. The summed E-state index contributed by atoms with van der Waals surface area (Å²) < 4.78 is 2.19. The van der Waals surface area contributed by atoms with Crippen molar-refractivity contribution < 1.29 is 9.59 Å². The number of fused-ring (bicyclic) bond motifs is 1. The number of thioether (sulfide) groups is 1. The second-order valence-corrected chi connectivity index (χ2v) is 7.95. The molecular weight excluding hydrogens is 360 g/mol. The van der Waals surface area contributed by atoms with Gasteiger partial charge in [0.1, 0.15) is 6.04 Å². The van der Waals surface area contributed by atoms with Gasteiger partial charge in [0, 0.05) is 17.9 Å². The third-order valence-corrected chi connectivity index (χ3v) is 6.01. The molecule has 1 aromatic carbocycles. The summed E-state index contributed by atoms with van der Waals surface area (Å²) in [6, 6.07) is 9.79. The van der Waals surface area contributed by atoms with Gasteiger partial charge in [0.2, 0.25) is 11.8 Å². The van der Waals surface area contributed by atoms with E-state index in [2.05, 4.69) is 27.3 Å². The molecule has 0 radical (unpaired) electrons. The minimum atomic E-state index is -0.408. The molecule has 1 aromatic heterocycles. The Morgan fingerprint density at radius 1 is 1.22 bits per heavy atom. The lowest BCUT2D eigenvalue weighted by Gasteiger charge is -2.22. The first-order chi connectivity index (χ1) is 13.2. The SMILES string of the molecule is O=C(CSc1nc2c(n1-c1ccccc1)CCCC2)NC1CCCNC1=O. The summed E-state index contributed by atoms with van der Waals surface area (Å²) in [5.41, 5.74) is 3.50. The molecule has 2 heterocycles. The fourth-order valence-corrected chi connectivity index (χ4v) is 4.59. The predicted octanol–water partition coefficient (Wildman–Crippen LogP) is 2.24. The number of piperidine rings is 1. The summed E-state index contributed by atoms with van der Waals surface area (Å²) >= 11 is 1.44. The molecular formula is C20H24N4O2S. The standard InChI is InChI=1S/C20H24N4O2S/c25-18(22-16-10-6-12-21-19(16)26)13-27-20-23-15-9-4-5-11-17(15)24(20)14-7-2-1-3-8-14/h1-3,7-8,16H,4-6,9-13H2,(H,21,26)(H,22,25). The van der Waals surface area contributed by atoms with E-state index in [1.54, 1.807) is 0 Å². The molecule has 0 saturated carbocycles. The van der Waals surface area contributed by atoms with Gasteiger partial charge in [0.05, 0.1) is 11.4 Å². The third kappa shape index (κ3) is 4.03. The second kappa shape index (κ2) is 8.17. The van der Waals surface area contributed by atoms with E-state index in [4.69, 9.17) is 4.98 Å². The molecule has 6 nitrogen and oxygen atoms in total. The smallest absolute Gasteiger partial charge is 0.242 e. The Labute approximate surface area is 163 Å². The zero-order chi connectivity index (χ0) is 18.6. The number of nitrogens with zero attached hydrogens (tertiary/aromatic N) is 2. The van der Waals surface area contributed by atoms with E-state index in [1.807, 2.05) is 18.2 Å². The van der Waals surface area contributed by atoms with Crippen LogP contribution in [-0.4, -0.2) is 39.7 Å². The Morgan fingerprint density at radius 3 is 2.85 bits per heavy atom. The number of carbonyl (C=O) groups is 2. The Morgan fingerprint density at radius 2 is 2.04 bits per heavy atom. The number of rotatable bonds is 5. The lowest BCUT2D eigenvalue weighted by Crippen LogP contribution is -2.50. The molecule has 4 rings (SSSR count). The average molecular weight is 385 g/mol. The summed E-state index contributed by atoms with van der Waals surface area (Å²) in [5, 5.41) is 6.51.